The van der Waals surface area contributed by atoms with Crippen LogP contribution < -0.4 is 0 Å². The Morgan fingerprint density at radius 1 is 1.60 bits per heavy atom. The molecule has 0 saturated heterocycles. The maximum Gasteiger partial charge on any atom is 0.0957 e. The zero-order valence-electron chi connectivity index (χ0n) is 8.58. The molecule has 0 aliphatic rings. The minimum absolute atomic E-state index is 0.483. The lowest BCUT2D eigenvalue weighted by Crippen LogP contribution is -2.01. The topological polar surface area (TPSA) is 63.8 Å². The molecule has 0 fully saturated rings. The highest BCUT2D eigenvalue weighted by Crippen LogP contribution is 2.23. The number of hydrogen-bond acceptors (Lipinski definition) is 5. The number of rotatable bonds is 3. The molecule has 1 N–H and O–H groups in total. The SMILES string of the molecule is Cc1ncsc1C(O)Cc1cn(C)nn1. The molecule has 1 unspecified atom stereocenters. The summed E-state index contributed by atoms with van der Waals surface area (Å²) >= 11 is 1.47. The van der Waals surface area contributed by atoms with Gasteiger partial charge in [-0.25, -0.2) is 4.98 Å². The molecule has 0 amide bonds. The summed E-state index contributed by atoms with van der Waals surface area (Å²) in [5.41, 5.74) is 3.42. The van der Waals surface area contributed by atoms with Gasteiger partial charge in [-0.15, -0.1) is 16.4 Å². The van der Waals surface area contributed by atoms with Crippen molar-refractivity contribution in [3.63, 3.8) is 0 Å². The molecule has 0 spiro atoms. The van der Waals surface area contributed by atoms with Gasteiger partial charge in [-0.3, -0.25) is 4.68 Å². The van der Waals surface area contributed by atoms with E-state index in [9.17, 15) is 5.11 Å². The second kappa shape index (κ2) is 4.08. The Hall–Kier alpha value is -1.27. The molecule has 2 rings (SSSR count). The van der Waals surface area contributed by atoms with E-state index >= 15 is 0 Å². The first-order chi connectivity index (χ1) is 7.16. The van der Waals surface area contributed by atoms with E-state index in [0.717, 1.165) is 16.3 Å². The average molecular weight is 224 g/mol. The molecule has 15 heavy (non-hydrogen) atoms. The first-order valence-electron chi connectivity index (χ1n) is 4.60. The third kappa shape index (κ3) is 2.21. The first-order valence-corrected chi connectivity index (χ1v) is 5.48. The van der Waals surface area contributed by atoms with Crippen LogP contribution in [0.3, 0.4) is 0 Å². The van der Waals surface area contributed by atoms with Gasteiger partial charge in [-0.1, -0.05) is 5.21 Å². The molecule has 5 nitrogen and oxygen atoms in total. The molecule has 80 valence electrons. The van der Waals surface area contributed by atoms with Gasteiger partial charge in [0.1, 0.15) is 0 Å². The van der Waals surface area contributed by atoms with Crippen LogP contribution in [0.2, 0.25) is 0 Å². The minimum atomic E-state index is -0.533. The van der Waals surface area contributed by atoms with Gasteiger partial charge in [-0.05, 0) is 6.92 Å². The van der Waals surface area contributed by atoms with Crippen LogP contribution in [-0.2, 0) is 13.5 Å². The molecule has 0 aliphatic heterocycles. The van der Waals surface area contributed by atoms with Crippen molar-refractivity contribution in [3.05, 3.63) is 28.0 Å². The molecule has 0 radical (unpaired) electrons. The number of nitrogens with zero attached hydrogens (tertiary/aromatic N) is 4. The maximum absolute atomic E-state index is 9.95. The molecule has 2 aromatic heterocycles. The molecule has 0 saturated carbocycles. The van der Waals surface area contributed by atoms with E-state index in [0.29, 0.717) is 6.42 Å². The standard InChI is InChI=1S/C9H12N4OS/c1-6-9(15-5-10-6)8(14)3-7-4-13(2)12-11-7/h4-5,8,14H,3H2,1-2H3. The van der Waals surface area contributed by atoms with Crippen LogP contribution in [0.25, 0.3) is 0 Å². The Morgan fingerprint density at radius 2 is 2.40 bits per heavy atom. The Balaban J connectivity index is 2.10. The molecular formula is C9H12N4OS. The van der Waals surface area contributed by atoms with E-state index in [1.54, 1.807) is 23.4 Å². The molecule has 2 heterocycles. The highest BCUT2D eigenvalue weighted by atomic mass is 32.1. The Bertz CT molecular complexity index is 450. The molecule has 0 aromatic carbocycles. The molecule has 0 bridgehead atoms. The van der Waals surface area contributed by atoms with Crippen LogP contribution in [0, 0.1) is 6.92 Å². The van der Waals surface area contributed by atoms with E-state index < -0.39 is 6.10 Å². The summed E-state index contributed by atoms with van der Waals surface area (Å²) in [4.78, 5) is 5.01. The smallest absolute Gasteiger partial charge is 0.0957 e. The maximum atomic E-state index is 9.95. The van der Waals surface area contributed by atoms with E-state index in [1.165, 1.54) is 11.3 Å². The van der Waals surface area contributed by atoms with Crippen LogP contribution in [-0.4, -0.2) is 25.1 Å². The van der Waals surface area contributed by atoms with Crippen molar-refractivity contribution in [2.75, 3.05) is 0 Å². The number of aliphatic hydroxyl groups is 1. The summed E-state index contributed by atoms with van der Waals surface area (Å²) in [5.74, 6) is 0. The number of aromatic nitrogens is 4. The lowest BCUT2D eigenvalue weighted by atomic mass is 10.1. The average Bonchev–Trinajstić information content (AvgIpc) is 2.75. The normalized spacial score (nSPS) is 13.0. The van der Waals surface area contributed by atoms with Crippen LogP contribution in [0.15, 0.2) is 11.7 Å². The van der Waals surface area contributed by atoms with Gasteiger partial charge in [0.2, 0.25) is 0 Å². The Morgan fingerprint density at radius 3 is 2.93 bits per heavy atom. The van der Waals surface area contributed by atoms with Gasteiger partial charge in [0.25, 0.3) is 0 Å². The second-order valence-electron chi connectivity index (χ2n) is 3.41. The van der Waals surface area contributed by atoms with Crippen LogP contribution in [0.1, 0.15) is 22.4 Å². The lowest BCUT2D eigenvalue weighted by molar-refractivity contribution is 0.180. The van der Waals surface area contributed by atoms with Crippen molar-refractivity contribution in [1.29, 1.82) is 0 Å². The molecule has 6 heteroatoms. The van der Waals surface area contributed by atoms with Gasteiger partial charge in [0, 0.05) is 19.7 Å². The third-order valence-electron chi connectivity index (χ3n) is 2.14. The Labute approximate surface area is 91.4 Å². The van der Waals surface area contributed by atoms with Crippen LogP contribution in [0.5, 0.6) is 0 Å². The van der Waals surface area contributed by atoms with Gasteiger partial charge in [0.15, 0.2) is 0 Å². The summed E-state index contributed by atoms with van der Waals surface area (Å²) < 4.78 is 1.63. The molecule has 1 atom stereocenters. The van der Waals surface area contributed by atoms with Crippen LogP contribution >= 0.6 is 11.3 Å². The fourth-order valence-electron chi connectivity index (χ4n) is 1.41. The van der Waals surface area contributed by atoms with Crippen molar-refractivity contribution in [3.8, 4) is 0 Å². The fraction of sp³-hybridized carbons (Fsp3) is 0.444. The predicted molar refractivity (Wildman–Crippen MR) is 56.5 cm³/mol. The third-order valence-corrected chi connectivity index (χ3v) is 3.17. The lowest BCUT2D eigenvalue weighted by Gasteiger charge is -2.06. The Kier molecular flexibility index (Phi) is 2.79. The van der Waals surface area contributed by atoms with Crippen molar-refractivity contribution in [2.24, 2.45) is 7.05 Å². The van der Waals surface area contributed by atoms with E-state index in [2.05, 4.69) is 15.3 Å². The molecule has 2 aromatic rings. The van der Waals surface area contributed by atoms with E-state index in [1.807, 2.05) is 6.92 Å². The number of aryl methyl sites for hydroxylation is 2. The summed E-state index contributed by atoms with van der Waals surface area (Å²) in [6.07, 6.45) is 1.76. The van der Waals surface area contributed by atoms with Gasteiger partial charge >= 0.3 is 0 Å². The van der Waals surface area contributed by atoms with Crippen molar-refractivity contribution in [2.45, 2.75) is 19.4 Å². The van der Waals surface area contributed by atoms with E-state index in [4.69, 9.17) is 0 Å². The molecule has 0 aliphatic carbocycles. The minimum Gasteiger partial charge on any atom is -0.387 e. The summed E-state index contributed by atoms with van der Waals surface area (Å²) in [6, 6.07) is 0. The quantitative estimate of drug-likeness (QED) is 0.839. The summed E-state index contributed by atoms with van der Waals surface area (Å²) in [6.45, 7) is 1.89. The zero-order chi connectivity index (χ0) is 10.8. The zero-order valence-corrected chi connectivity index (χ0v) is 9.40. The van der Waals surface area contributed by atoms with Crippen molar-refractivity contribution in [1.82, 2.24) is 20.0 Å². The first kappa shape index (κ1) is 10.3. The van der Waals surface area contributed by atoms with E-state index in [-0.39, 0.29) is 0 Å². The van der Waals surface area contributed by atoms with Crippen molar-refractivity contribution < 1.29 is 5.11 Å². The monoisotopic (exact) mass is 224 g/mol. The number of aliphatic hydroxyl groups excluding tert-OH is 1. The van der Waals surface area contributed by atoms with Gasteiger partial charge < -0.3 is 5.11 Å². The van der Waals surface area contributed by atoms with Crippen molar-refractivity contribution >= 4 is 11.3 Å². The van der Waals surface area contributed by atoms with Gasteiger partial charge in [-0.2, -0.15) is 0 Å². The van der Waals surface area contributed by atoms with Gasteiger partial charge in [0.05, 0.1) is 27.9 Å². The van der Waals surface area contributed by atoms with Crippen LogP contribution in [0.4, 0.5) is 0 Å². The largest absolute Gasteiger partial charge is 0.387 e. The second-order valence-corrected chi connectivity index (χ2v) is 4.29. The number of hydrogen-bond donors (Lipinski definition) is 1. The predicted octanol–water partition coefficient (Wildman–Crippen LogP) is 0.856. The fourth-order valence-corrected chi connectivity index (χ4v) is 2.20. The highest BCUT2D eigenvalue weighted by molar-refractivity contribution is 7.09. The highest BCUT2D eigenvalue weighted by Gasteiger charge is 2.15. The summed E-state index contributed by atoms with van der Waals surface area (Å²) in [7, 11) is 1.81. The summed E-state index contributed by atoms with van der Waals surface area (Å²) in [5, 5.41) is 17.7. The molecular weight excluding hydrogens is 212 g/mol. The number of thiazole rings is 1.